The fourth-order valence-corrected chi connectivity index (χ4v) is 5.17. The van der Waals surface area contributed by atoms with Gasteiger partial charge in [-0.1, -0.05) is 39.0 Å². The van der Waals surface area contributed by atoms with Gasteiger partial charge in [0.15, 0.2) is 5.82 Å². The lowest BCUT2D eigenvalue weighted by atomic mass is 9.95. The van der Waals surface area contributed by atoms with E-state index in [1.807, 2.05) is 51.1 Å². The predicted molar refractivity (Wildman–Crippen MR) is 151 cm³/mol. The minimum atomic E-state index is -0.491. The summed E-state index contributed by atoms with van der Waals surface area (Å²) in [5.41, 5.74) is 6.73. The fraction of sp³-hybridized carbons (Fsp3) is 0.172. The van der Waals surface area contributed by atoms with E-state index in [0.29, 0.717) is 11.5 Å². The van der Waals surface area contributed by atoms with Gasteiger partial charge in [0.05, 0.1) is 28.4 Å². The number of aromatic amines is 2. The highest BCUT2D eigenvalue weighted by atomic mass is 32.1. The molecule has 0 saturated carbocycles. The van der Waals surface area contributed by atoms with Crippen molar-refractivity contribution in [1.82, 2.24) is 25.1 Å². The zero-order valence-corrected chi connectivity index (χ0v) is 21.8. The van der Waals surface area contributed by atoms with E-state index in [1.54, 1.807) is 23.7 Å². The number of aryl methyl sites for hydroxylation is 1. The number of pyridine rings is 1. The van der Waals surface area contributed by atoms with Crippen molar-refractivity contribution in [2.45, 2.75) is 27.7 Å². The number of benzene rings is 2. The van der Waals surface area contributed by atoms with E-state index in [9.17, 15) is 4.79 Å². The zero-order valence-electron chi connectivity index (χ0n) is 21.0. The molecule has 0 aliphatic heterocycles. The second-order valence-corrected chi connectivity index (χ2v) is 11.5. The van der Waals surface area contributed by atoms with Gasteiger partial charge in [0.2, 0.25) is 5.91 Å². The second kappa shape index (κ2) is 8.67. The third-order valence-electron chi connectivity index (χ3n) is 6.32. The van der Waals surface area contributed by atoms with Crippen molar-refractivity contribution in [2.24, 2.45) is 5.41 Å². The number of carbonyl (C=O) groups excluding carboxylic acids is 1. The van der Waals surface area contributed by atoms with E-state index in [0.717, 1.165) is 44.3 Å². The Morgan fingerprint density at radius 2 is 1.84 bits per heavy atom. The molecule has 0 bridgehead atoms. The first-order chi connectivity index (χ1) is 17.8. The van der Waals surface area contributed by atoms with Crippen LogP contribution in [0.4, 0.5) is 5.69 Å². The Morgan fingerprint density at radius 3 is 2.62 bits per heavy atom. The lowest BCUT2D eigenvalue weighted by Gasteiger charge is -2.17. The first-order valence-electron chi connectivity index (χ1n) is 12.1. The number of nitrogens with one attached hydrogen (secondary N) is 3. The third-order valence-corrected chi connectivity index (χ3v) is 7.35. The van der Waals surface area contributed by atoms with Gasteiger partial charge >= 0.3 is 0 Å². The Labute approximate surface area is 218 Å². The van der Waals surface area contributed by atoms with Crippen LogP contribution in [0.15, 0.2) is 67.0 Å². The molecule has 4 heterocycles. The van der Waals surface area contributed by atoms with Crippen LogP contribution in [0.25, 0.3) is 55.0 Å². The summed E-state index contributed by atoms with van der Waals surface area (Å²) in [6.45, 7) is 7.77. The SMILES string of the molecule is Cc1ccc(-c2cccc3[nH]c(-c4n[nH]c5ccc(-c6cncc(NC(=O)C(C)(C)C)c6)cc45)nc23)s1. The smallest absolute Gasteiger partial charge is 0.229 e. The molecule has 1 amide bonds. The molecule has 4 aromatic heterocycles. The quantitative estimate of drug-likeness (QED) is 0.236. The van der Waals surface area contributed by atoms with Gasteiger partial charge in [-0.2, -0.15) is 5.10 Å². The number of H-pyrrole nitrogens is 2. The number of amides is 1. The largest absolute Gasteiger partial charge is 0.337 e. The Kier molecular flexibility index (Phi) is 5.42. The molecule has 37 heavy (non-hydrogen) atoms. The third kappa shape index (κ3) is 4.29. The molecule has 0 unspecified atom stereocenters. The summed E-state index contributed by atoms with van der Waals surface area (Å²) in [5, 5.41) is 11.6. The van der Waals surface area contributed by atoms with Gasteiger partial charge in [0, 0.05) is 37.9 Å². The van der Waals surface area contributed by atoms with E-state index in [4.69, 9.17) is 4.98 Å². The molecule has 7 nitrogen and oxygen atoms in total. The standard InChI is InChI=1S/C29H26N6OS/c1-16-8-11-24(37-16)20-6-5-7-23-25(20)33-27(32-23)26-21-13-17(9-10-22(21)34-35-26)18-12-19(15-30-14-18)31-28(36)29(2,3)4/h5-15H,1-4H3,(H,31,36)(H,32,33)(H,34,35). The van der Waals surface area contributed by atoms with Crippen molar-refractivity contribution in [3.05, 3.63) is 71.9 Å². The first kappa shape index (κ1) is 23.1. The van der Waals surface area contributed by atoms with E-state index in [1.165, 1.54) is 9.75 Å². The molecule has 0 aliphatic carbocycles. The van der Waals surface area contributed by atoms with Gasteiger partial charge in [-0.25, -0.2) is 4.98 Å². The second-order valence-electron chi connectivity index (χ2n) is 10.2. The van der Waals surface area contributed by atoms with E-state index >= 15 is 0 Å². The number of nitrogens with zero attached hydrogens (tertiary/aromatic N) is 3. The molecule has 0 fully saturated rings. The number of fused-ring (bicyclic) bond motifs is 2. The van der Waals surface area contributed by atoms with Crippen LogP contribution >= 0.6 is 11.3 Å². The monoisotopic (exact) mass is 506 g/mol. The molecule has 3 N–H and O–H groups in total. The highest BCUT2D eigenvalue weighted by molar-refractivity contribution is 7.15. The zero-order chi connectivity index (χ0) is 25.7. The minimum Gasteiger partial charge on any atom is -0.337 e. The molecule has 8 heteroatoms. The molecule has 0 radical (unpaired) electrons. The van der Waals surface area contributed by atoms with Crippen LogP contribution in [0.5, 0.6) is 0 Å². The van der Waals surface area contributed by atoms with Crippen molar-refractivity contribution in [1.29, 1.82) is 0 Å². The molecule has 184 valence electrons. The molecular formula is C29H26N6OS. The number of anilines is 1. The van der Waals surface area contributed by atoms with Gasteiger partial charge in [-0.15, -0.1) is 11.3 Å². The summed E-state index contributed by atoms with van der Waals surface area (Å²) in [6, 6.07) is 18.5. The first-order valence-corrected chi connectivity index (χ1v) is 12.9. The minimum absolute atomic E-state index is 0.0546. The lowest BCUT2D eigenvalue weighted by molar-refractivity contribution is -0.123. The van der Waals surface area contributed by atoms with Crippen molar-refractivity contribution in [3.8, 4) is 33.1 Å². The van der Waals surface area contributed by atoms with Gasteiger partial charge in [-0.05, 0) is 48.9 Å². The molecule has 0 spiro atoms. The maximum absolute atomic E-state index is 12.5. The van der Waals surface area contributed by atoms with Crippen LogP contribution in [-0.2, 0) is 4.79 Å². The van der Waals surface area contributed by atoms with Gasteiger partial charge < -0.3 is 10.3 Å². The molecule has 6 rings (SSSR count). The molecule has 6 aromatic rings. The van der Waals surface area contributed by atoms with Crippen molar-refractivity contribution in [2.75, 3.05) is 5.32 Å². The Balaban J connectivity index is 1.40. The Hall–Kier alpha value is -4.30. The van der Waals surface area contributed by atoms with E-state index in [-0.39, 0.29) is 5.91 Å². The lowest BCUT2D eigenvalue weighted by Crippen LogP contribution is -2.27. The summed E-state index contributed by atoms with van der Waals surface area (Å²) in [6.07, 6.45) is 3.46. The summed E-state index contributed by atoms with van der Waals surface area (Å²) < 4.78 is 0. The molecule has 2 aromatic carbocycles. The van der Waals surface area contributed by atoms with Crippen molar-refractivity contribution in [3.63, 3.8) is 0 Å². The summed E-state index contributed by atoms with van der Waals surface area (Å²) >= 11 is 1.76. The highest BCUT2D eigenvalue weighted by Gasteiger charge is 2.21. The van der Waals surface area contributed by atoms with Crippen LogP contribution in [0.2, 0.25) is 0 Å². The van der Waals surface area contributed by atoms with E-state index < -0.39 is 5.41 Å². The summed E-state index contributed by atoms with van der Waals surface area (Å²) in [5.74, 6) is 0.657. The topological polar surface area (TPSA) is 99.4 Å². The molecular weight excluding hydrogens is 480 g/mol. The Bertz CT molecular complexity index is 1790. The van der Waals surface area contributed by atoms with Crippen molar-refractivity contribution < 1.29 is 4.79 Å². The average Bonchev–Trinajstić information content (AvgIpc) is 3.60. The van der Waals surface area contributed by atoms with Crippen LogP contribution in [-0.4, -0.2) is 31.1 Å². The normalized spacial score (nSPS) is 11.9. The highest BCUT2D eigenvalue weighted by Crippen LogP contribution is 2.35. The predicted octanol–water partition coefficient (Wildman–Crippen LogP) is 7.19. The van der Waals surface area contributed by atoms with Crippen LogP contribution < -0.4 is 5.32 Å². The van der Waals surface area contributed by atoms with Crippen LogP contribution in [0, 0.1) is 12.3 Å². The van der Waals surface area contributed by atoms with Gasteiger partial charge in [0.1, 0.15) is 5.69 Å². The molecule has 0 aliphatic rings. The molecule has 0 atom stereocenters. The number of hydrogen-bond acceptors (Lipinski definition) is 5. The number of hydrogen-bond donors (Lipinski definition) is 3. The van der Waals surface area contributed by atoms with Gasteiger partial charge in [-0.3, -0.25) is 14.9 Å². The number of rotatable bonds is 4. The fourth-order valence-electron chi connectivity index (χ4n) is 4.28. The van der Waals surface area contributed by atoms with E-state index in [2.05, 4.69) is 56.7 Å². The number of thiophene rings is 1. The number of imidazole rings is 1. The maximum Gasteiger partial charge on any atom is 0.229 e. The van der Waals surface area contributed by atoms with Crippen molar-refractivity contribution >= 4 is 44.9 Å². The van der Waals surface area contributed by atoms with Crippen LogP contribution in [0.1, 0.15) is 25.6 Å². The number of para-hydroxylation sites is 1. The average molecular weight is 507 g/mol. The summed E-state index contributed by atoms with van der Waals surface area (Å²) in [7, 11) is 0. The summed E-state index contributed by atoms with van der Waals surface area (Å²) in [4.78, 5) is 27.7. The maximum atomic E-state index is 12.5. The number of aromatic nitrogens is 5. The van der Waals surface area contributed by atoms with Gasteiger partial charge in [0.25, 0.3) is 0 Å². The number of carbonyl (C=O) groups is 1. The van der Waals surface area contributed by atoms with Crippen LogP contribution in [0.3, 0.4) is 0 Å². The molecule has 0 saturated heterocycles. The Morgan fingerprint density at radius 1 is 0.973 bits per heavy atom.